The molecule has 164 valence electrons. The third kappa shape index (κ3) is 7.47. The summed E-state index contributed by atoms with van der Waals surface area (Å²) in [5.74, 6) is 0.218. The predicted octanol–water partition coefficient (Wildman–Crippen LogP) is 3.61. The Labute approximate surface area is 173 Å². The minimum atomic E-state index is -2.90. The van der Waals surface area contributed by atoms with Crippen LogP contribution >= 0.6 is 0 Å². The van der Waals surface area contributed by atoms with E-state index >= 15 is 0 Å². The van der Waals surface area contributed by atoms with Gasteiger partial charge in [0, 0.05) is 13.1 Å². The van der Waals surface area contributed by atoms with Crippen LogP contribution in [0.1, 0.15) is 31.1 Å². The highest BCUT2D eigenvalue weighted by Crippen LogP contribution is 2.20. The lowest BCUT2D eigenvalue weighted by Crippen LogP contribution is -2.39. The molecule has 0 fully saturated rings. The molecular weight excluding hydrogens is 399 g/mol. The quantitative estimate of drug-likeness (QED) is 0.401. The summed E-state index contributed by atoms with van der Waals surface area (Å²) in [4.78, 5) is 4.39. The van der Waals surface area contributed by atoms with Gasteiger partial charge in [0.2, 0.25) is 0 Å². The molecule has 6 nitrogen and oxygen atoms in total. The SMILES string of the molecule is CCNC(=NCc1ccc(OCC)c(F)c1)NCC(O)c1ccc(OC(F)F)cc1. The number of rotatable bonds is 10. The smallest absolute Gasteiger partial charge is 0.387 e. The number of aliphatic imine (C=N–C) groups is 1. The summed E-state index contributed by atoms with van der Waals surface area (Å²) in [6, 6.07) is 10.4. The van der Waals surface area contributed by atoms with E-state index in [1.807, 2.05) is 6.92 Å². The van der Waals surface area contributed by atoms with Crippen molar-refractivity contribution >= 4 is 5.96 Å². The Balaban J connectivity index is 1.95. The van der Waals surface area contributed by atoms with Gasteiger partial charge in [-0.25, -0.2) is 9.38 Å². The van der Waals surface area contributed by atoms with Crippen molar-refractivity contribution in [1.29, 1.82) is 0 Å². The Bertz CT molecular complexity index is 817. The standard InChI is InChI=1S/C21H26F3N3O3/c1-3-25-21(26-12-14-5-10-19(29-4-2)17(22)11-14)27-13-18(28)15-6-8-16(9-7-15)30-20(23)24/h5-11,18,20,28H,3-4,12-13H2,1-2H3,(H2,25,26,27). The third-order valence-electron chi connectivity index (χ3n) is 4.01. The second-order valence-corrected chi connectivity index (χ2v) is 6.24. The van der Waals surface area contributed by atoms with Crippen LogP contribution in [0, 0.1) is 5.82 Å². The molecule has 0 amide bonds. The second kappa shape index (κ2) is 11.9. The van der Waals surface area contributed by atoms with Gasteiger partial charge in [0.05, 0.1) is 19.3 Å². The Hall–Kier alpha value is -2.94. The van der Waals surface area contributed by atoms with Crippen molar-refractivity contribution < 1.29 is 27.8 Å². The summed E-state index contributed by atoms with van der Waals surface area (Å²) in [7, 11) is 0. The van der Waals surface area contributed by atoms with E-state index in [0.717, 1.165) is 0 Å². The highest BCUT2D eigenvalue weighted by atomic mass is 19.3. The molecule has 2 aromatic carbocycles. The number of nitrogens with zero attached hydrogens (tertiary/aromatic N) is 1. The summed E-state index contributed by atoms with van der Waals surface area (Å²) >= 11 is 0. The van der Waals surface area contributed by atoms with Gasteiger partial charge in [0.1, 0.15) is 5.75 Å². The molecule has 0 aliphatic carbocycles. The van der Waals surface area contributed by atoms with Crippen molar-refractivity contribution in [2.45, 2.75) is 33.1 Å². The van der Waals surface area contributed by atoms with Crippen molar-refractivity contribution in [3.63, 3.8) is 0 Å². The highest BCUT2D eigenvalue weighted by Gasteiger charge is 2.10. The van der Waals surface area contributed by atoms with Crippen LogP contribution in [0.15, 0.2) is 47.5 Å². The van der Waals surface area contributed by atoms with E-state index in [4.69, 9.17) is 4.74 Å². The summed E-state index contributed by atoms with van der Waals surface area (Å²) in [6.07, 6.45) is -0.891. The van der Waals surface area contributed by atoms with Crippen LogP contribution in [0.4, 0.5) is 13.2 Å². The topological polar surface area (TPSA) is 75.1 Å². The largest absolute Gasteiger partial charge is 0.491 e. The van der Waals surface area contributed by atoms with Crippen LogP contribution in [-0.2, 0) is 6.54 Å². The van der Waals surface area contributed by atoms with Crippen LogP contribution in [0.5, 0.6) is 11.5 Å². The van der Waals surface area contributed by atoms with Gasteiger partial charge < -0.3 is 25.2 Å². The van der Waals surface area contributed by atoms with Gasteiger partial charge in [0.15, 0.2) is 17.5 Å². The molecular formula is C21H26F3N3O3. The lowest BCUT2D eigenvalue weighted by Gasteiger charge is -2.16. The first kappa shape index (κ1) is 23.3. The van der Waals surface area contributed by atoms with Gasteiger partial charge >= 0.3 is 6.61 Å². The number of nitrogens with one attached hydrogen (secondary N) is 2. The summed E-state index contributed by atoms with van der Waals surface area (Å²) in [5, 5.41) is 16.4. The highest BCUT2D eigenvalue weighted by molar-refractivity contribution is 5.79. The molecule has 9 heteroatoms. The van der Waals surface area contributed by atoms with E-state index < -0.39 is 18.5 Å². The number of ether oxygens (including phenoxy) is 2. The van der Waals surface area contributed by atoms with Crippen molar-refractivity contribution in [3.05, 3.63) is 59.4 Å². The average molecular weight is 425 g/mol. The van der Waals surface area contributed by atoms with Gasteiger partial charge in [-0.15, -0.1) is 0 Å². The molecule has 30 heavy (non-hydrogen) atoms. The maximum absolute atomic E-state index is 14.0. The Kier molecular flexibility index (Phi) is 9.27. The average Bonchev–Trinajstić information content (AvgIpc) is 2.72. The molecule has 0 aromatic heterocycles. The maximum atomic E-state index is 14.0. The number of hydrogen-bond donors (Lipinski definition) is 3. The fraction of sp³-hybridized carbons (Fsp3) is 0.381. The minimum absolute atomic E-state index is 0.0198. The number of alkyl halides is 2. The first-order valence-corrected chi connectivity index (χ1v) is 9.59. The number of hydrogen-bond acceptors (Lipinski definition) is 4. The first-order chi connectivity index (χ1) is 14.4. The van der Waals surface area contributed by atoms with Gasteiger partial charge in [-0.05, 0) is 49.2 Å². The molecule has 0 heterocycles. The number of halogens is 3. The zero-order valence-electron chi connectivity index (χ0n) is 16.9. The Morgan fingerprint density at radius 2 is 1.83 bits per heavy atom. The van der Waals surface area contributed by atoms with Crippen molar-refractivity contribution in [2.75, 3.05) is 19.7 Å². The summed E-state index contributed by atoms with van der Waals surface area (Å²) in [6.45, 7) is 2.13. The van der Waals surface area contributed by atoms with Crippen LogP contribution in [0.25, 0.3) is 0 Å². The van der Waals surface area contributed by atoms with Crippen LogP contribution in [0.3, 0.4) is 0 Å². The zero-order chi connectivity index (χ0) is 21.9. The predicted molar refractivity (Wildman–Crippen MR) is 108 cm³/mol. The Morgan fingerprint density at radius 3 is 2.43 bits per heavy atom. The molecule has 2 rings (SSSR count). The molecule has 0 bridgehead atoms. The Morgan fingerprint density at radius 1 is 1.10 bits per heavy atom. The number of benzene rings is 2. The number of guanidine groups is 1. The fourth-order valence-corrected chi connectivity index (χ4v) is 2.61. The number of aliphatic hydroxyl groups is 1. The van der Waals surface area contributed by atoms with E-state index in [0.29, 0.717) is 30.2 Å². The first-order valence-electron chi connectivity index (χ1n) is 9.59. The molecule has 0 aliphatic rings. The third-order valence-corrected chi connectivity index (χ3v) is 4.01. The molecule has 1 unspecified atom stereocenters. The van der Waals surface area contributed by atoms with Gasteiger partial charge in [-0.3, -0.25) is 0 Å². The summed E-state index contributed by atoms with van der Waals surface area (Å²) in [5.41, 5.74) is 1.21. The number of aliphatic hydroxyl groups excluding tert-OH is 1. The van der Waals surface area contributed by atoms with Crippen LogP contribution < -0.4 is 20.1 Å². The second-order valence-electron chi connectivity index (χ2n) is 6.24. The molecule has 0 spiro atoms. The molecule has 3 N–H and O–H groups in total. The fourth-order valence-electron chi connectivity index (χ4n) is 2.61. The van der Waals surface area contributed by atoms with E-state index in [2.05, 4.69) is 20.4 Å². The van der Waals surface area contributed by atoms with Gasteiger partial charge in [-0.1, -0.05) is 18.2 Å². The molecule has 2 aromatic rings. The minimum Gasteiger partial charge on any atom is -0.491 e. The van der Waals surface area contributed by atoms with E-state index in [1.165, 1.54) is 30.3 Å². The molecule has 0 aliphatic heterocycles. The van der Waals surface area contributed by atoms with Crippen LogP contribution in [0.2, 0.25) is 0 Å². The zero-order valence-corrected chi connectivity index (χ0v) is 16.9. The van der Waals surface area contributed by atoms with Crippen molar-refractivity contribution in [1.82, 2.24) is 10.6 Å². The van der Waals surface area contributed by atoms with Gasteiger partial charge in [0.25, 0.3) is 0 Å². The monoisotopic (exact) mass is 425 g/mol. The molecule has 0 radical (unpaired) electrons. The van der Waals surface area contributed by atoms with Crippen LogP contribution in [-0.4, -0.2) is 37.4 Å². The van der Waals surface area contributed by atoms with Crippen molar-refractivity contribution in [2.24, 2.45) is 4.99 Å². The summed E-state index contributed by atoms with van der Waals surface area (Å²) < 4.78 is 47.8. The molecule has 1 atom stereocenters. The van der Waals surface area contributed by atoms with E-state index in [1.54, 1.807) is 19.1 Å². The molecule has 0 saturated carbocycles. The maximum Gasteiger partial charge on any atom is 0.387 e. The lowest BCUT2D eigenvalue weighted by atomic mass is 10.1. The van der Waals surface area contributed by atoms with E-state index in [9.17, 15) is 18.3 Å². The van der Waals surface area contributed by atoms with E-state index in [-0.39, 0.29) is 24.6 Å². The van der Waals surface area contributed by atoms with Gasteiger partial charge in [-0.2, -0.15) is 8.78 Å². The normalized spacial score (nSPS) is 12.6. The lowest BCUT2D eigenvalue weighted by molar-refractivity contribution is -0.0498. The molecule has 0 saturated heterocycles. The van der Waals surface area contributed by atoms with Crippen molar-refractivity contribution in [3.8, 4) is 11.5 Å².